The van der Waals surface area contributed by atoms with Crippen LogP contribution in [0.25, 0.3) is 0 Å². The van der Waals surface area contributed by atoms with Gasteiger partial charge in [-0.25, -0.2) is 4.79 Å². The molecule has 0 aromatic heterocycles. The first-order valence-corrected chi connectivity index (χ1v) is 9.14. The van der Waals surface area contributed by atoms with Crippen molar-refractivity contribution >= 4 is 11.9 Å². The monoisotopic (exact) mass is 385 g/mol. The lowest BCUT2D eigenvalue weighted by Crippen LogP contribution is -2.50. The molecule has 27 heavy (non-hydrogen) atoms. The molecule has 2 rings (SSSR count). The Bertz CT molecular complexity index is 641. The van der Waals surface area contributed by atoms with Crippen LogP contribution >= 0.6 is 0 Å². The third kappa shape index (κ3) is 6.53. The van der Waals surface area contributed by atoms with Crippen LogP contribution in [0.2, 0.25) is 0 Å². The molecule has 0 aliphatic heterocycles. The summed E-state index contributed by atoms with van der Waals surface area (Å²) in [5.74, 6) is -0.447. The van der Waals surface area contributed by atoms with Crippen molar-refractivity contribution in [1.29, 1.82) is 0 Å². The smallest absolute Gasteiger partial charge is 0.335 e. The van der Waals surface area contributed by atoms with E-state index in [1.807, 2.05) is 0 Å². The van der Waals surface area contributed by atoms with Crippen molar-refractivity contribution in [2.45, 2.75) is 63.8 Å². The molecule has 3 amide bonds. The summed E-state index contributed by atoms with van der Waals surface area (Å²) >= 11 is 0. The van der Waals surface area contributed by atoms with Gasteiger partial charge >= 0.3 is 12.2 Å². The summed E-state index contributed by atoms with van der Waals surface area (Å²) in [7, 11) is 1.68. The van der Waals surface area contributed by atoms with Crippen LogP contribution in [0.15, 0.2) is 24.3 Å². The minimum absolute atomic E-state index is 0.103. The van der Waals surface area contributed by atoms with Gasteiger partial charge in [0.2, 0.25) is 5.91 Å². The van der Waals surface area contributed by atoms with Crippen LogP contribution in [0.3, 0.4) is 0 Å². The molecule has 5 nitrogen and oxygen atoms in total. The van der Waals surface area contributed by atoms with Crippen molar-refractivity contribution in [3.05, 3.63) is 35.4 Å². The fourth-order valence-corrected chi connectivity index (χ4v) is 3.11. The van der Waals surface area contributed by atoms with Crippen molar-refractivity contribution in [3.8, 4) is 0 Å². The Morgan fingerprint density at radius 2 is 1.74 bits per heavy atom. The molecule has 0 bridgehead atoms. The third-order valence-corrected chi connectivity index (χ3v) is 4.93. The van der Waals surface area contributed by atoms with Gasteiger partial charge in [0.1, 0.15) is 0 Å². The minimum atomic E-state index is -4.37. The molecule has 8 heteroatoms. The van der Waals surface area contributed by atoms with Crippen LogP contribution in [-0.2, 0) is 17.5 Å². The first-order chi connectivity index (χ1) is 12.7. The van der Waals surface area contributed by atoms with Gasteiger partial charge in [-0.05, 0) is 44.5 Å². The summed E-state index contributed by atoms with van der Waals surface area (Å²) in [5.41, 5.74) is -0.0594. The van der Waals surface area contributed by atoms with E-state index >= 15 is 0 Å². The molecule has 1 atom stereocenters. The molecule has 0 unspecified atom stereocenters. The lowest BCUT2D eigenvalue weighted by molar-refractivity contribution is -0.137. The number of rotatable bonds is 5. The highest BCUT2D eigenvalue weighted by Crippen LogP contribution is 2.29. The number of carbonyl (C=O) groups is 2. The van der Waals surface area contributed by atoms with Crippen LogP contribution in [0.4, 0.5) is 18.0 Å². The molecule has 1 aliphatic carbocycles. The maximum Gasteiger partial charge on any atom is 0.416 e. The highest BCUT2D eigenvalue weighted by molar-refractivity contribution is 5.96. The Morgan fingerprint density at radius 3 is 2.30 bits per heavy atom. The summed E-state index contributed by atoms with van der Waals surface area (Å²) in [5, 5.41) is 5.16. The molecule has 1 aromatic carbocycles. The molecule has 0 spiro atoms. The average molecular weight is 385 g/mol. The molecule has 1 fully saturated rings. The molecular formula is C19H26F3N3O2. The summed E-state index contributed by atoms with van der Waals surface area (Å²) in [4.78, 5) is 25.9. The number of hydrogen-bond acceptors (Lipinski definition) is 3. The van der Waals surface area contributed by atoms with E-state index in [1.54, 1.807) is 18.9 Å². The van der Waals surface area contributed by atoms with Gasteiger partial charge in [-0.15, -0.1) is 0 Å². The van der Waals surface area contributed by atoms with Gasteiger partial charge in [0.05, 0.1) is 11.6 Å². The van der Waals surface area contributed by atoms with E-state index in [4.69, 9.17) is 0 Å². The Hall–Kier alpha value is -2.09. The van der Waals surface area contributed by atoms with E-state index in [-0.39, 0.29) is 12.6 Å². The van der Waals surface area contributed by atoms with E-state index in [2.05, 4.69) is 10.6 Å². The van der Waals surface area contributed by atoms with Gasteiger partial charge in [-0.2, -0.15) is 13.2 Å². The largest absolute Gasteiger partial charge is 0.416 e. The highest BCUT2D eigenvalue weighted by Gasteiger charge is 2.30. The van der Waals surface area contributed by atoms with E-state index < -0.39 is 29.7 Å². The van der Waals surface area contributed by atoms with Gasteiger partial charge in [0.15, 0.2) is 0 Å². The number of urea groups is 1. The Kier molecular flexibility index (Phi) is 7.24. The SMILES string of the molecule is C[C@H](C(=O)NC(=O)NC1CCCCC1)N(C)Cc1ccc(C(F)(F)F)cc1. The number of alkyl halides is 3. The van der Waals surface area contributed by atoms with Crippen LogP contribution in [-0.4, -0.2) is 36.0 Å². The molecular weight excluding hydrogens is 359 g/mol. The van der Waals surface area contributed by atoms with Gasteiger partial charge in [0.25, 0.3) is 0 Å². The molecule has 1 aliphatic rings. The summed E-state index contributed by atoms with van der Waals surface area (Å²) in [6.07, 6.45) is 0.792. The van der Waals surface area contributed by atoms with Crippen LogP contribution in [0, 0.1) is 0 Å². The zero-order valence-electron chi connectivity index (χ0n) is 15.6. The van der Waals surface area contributed by atoms with E-state index in [9.17, 15) is 22.8 Å². The molecule has 0 saturated heterocycles. The predicted molar refractivity (Wildman–Crippen MR) is 95.9 cm³/mol. The molecule has 150 valence electrons. The number of hydrogen-bond donors (Lipinski definition) is 2. The zero-order chi connectivity index (χ0) is 20.0. The summed E-state index contributed by atoms with van der Waals surface area (Å²) in [6.45, 7) is 1.93. The second kappa shape index (κ2) is 9.21. The average Bonchev–Trinajstić information content (AvgIpc) is 2.61. The lowest BCUT2D eigenvalue weighted by atomic mass is 9.96. The van der Waals surface area contributed by atoms with Crippen molar-refractivity contribution in [1.82, 2.24) is 15.5 Å². The number of benzene rings is 1. The van der Waals surface area contributed by atoms with E-state index in [1.165, 1.54) is 18.6 Å². The standard InChI is InChI=1S/C19H26F3N3O2/c1-13(17(26)24-18(27)23-16-6-4-3-5-7-16)25(2)12-14-8-10-15(11-9-14)19(20,21)22/h8-11,13,16H,3-7,12H2,1-2H3,(H2,23,24,26,27)/t13-/m1/s1. The fraction of sp³-hybridized carbons (Fsp3) is 0.579. The van der Waals surface area contributed by atoms with Gasteiger partial charge in [-0.1, -0.05) is 31.4 Å². The van der Waals surface area contributed by atoms with Gasteiger partial charge in [0, 0.05) is 12.6 Å². The predicted octanol–water partition coefficient (Wildman–Crippen LogP) is 3.68. The fourth-order valence-electron chi connectivity index (χ4n) is 3.11. The minimum Gasteiger partial charge on any atom is -0.335 e. The van der Waals surface area contributed by atoms with Crippen LogP contribution in [0.1, 0.15) is 50.2 Å². The number of nitrogens with one attached hydrogen (secondary N) is 2. The number of likely N-dealkylation sites (N-methyl/N-ethyl adjacent to an activating group) is 1. The van der Waals surface area contributed by atoms with Crippen molar-refractivity contribution in [2.24, 2.45) is 0 Å². The molecule has 2 N–H and O–H groups in total. The summed E-state index contributed by atoms with van der Waals surface area (Å²) in [6, 6.07) is 3.81. The Labute approximate surface area is 157 Å². The highest BCUT2D eigenvalue weighted by atomic mass is 19.4. The van der Waals surface area contributed by atoms with Crippen molar-refractivity contribution < 1.29 is 22.8 Å². The zero-order valence-corrected chi connectivity index (χ0v) is 15.6. The first kappa shape index (κ1) is 21.2. The number of nitrogens with zero attached hydrogens (tertiary/aromatic N) is 1. The molecule has 0 heterocycles. The van der Waals surface area contributed by atoms with Crippen LogP contribution < -0.4 is 10.6 Å². The van der Waals surface area contributed by atoms with Crippen LogP contribution in [0.5, 0.6) is 0 Å². The quantitative estimate of drug-likeness (QED) is 0.813. The molecule has 1 aromatic rings. The van der Waals surface area contributed by atoms with Gasteiger partial charge < -0.3 is 5.32 Å². The van der Waals surface area contributed by atoms with Gasteiger partial charge in [-0.3, -0.25) is 15.0 Å². The normalized spacial score (nSPS) is 16.8. The maximum absolute atomic E-state index is 12.6. The number of imide groups is 1. The maximum atomic E-state index is 12.6. The number of amides is 3. The topological polar surface area (TPSA) is 61.4 Å². The Morgan fingerprint density at radius 1 is 1.15 bits per heavy atom. The third-order valence-electron chi connectivity index (χ3n) is 4.93. The molecule has 0 radical (unpaired) electrons. The summed E-state index contributed by atoms with van der Waals surface area (Å²) < 4.78 is 37.8. The number of halogens is 3. The van der Waals surface area contributed by atoms with E-state index in [0.717, 1.165) is 37.8 Å². The lowest BCUT2D eigenvalue weighted by Gasteiger charge is -2.25. The second-order valence-corrected chi connectivity index (χ2v) is 7.08. The number of carbonyl (C=O) groups excluding carboxylic acids is 2. The second-order valence-electron chi connectivity index (χ2n) is 7.08. The first-order valence-electron chi connectivity index (χ1n) is 9.14. The Balaban J connectivity index is 1.83. The van der Waals surface area contributed by atoms with Crippen molar-refractivity contribution in [2.75, 3.05) is 7.05 Å². The van der Waals surface area contributed by atoms with Crippen molar-refractivity contribution in [3.63, 3.8) is 0 Å². The molecule has 1 saturated carbocycles. The van der Waals surface area contributed by atoms with E-state index in [0.29, 0.717) is 5.56 Å².